The number of fused-ring (bicyclic) bond motifs is 7. The molecule has 0 spiro atoms. The van der Waals surface area contributed by atoms with E-state index in [1.807, 2.05) is 36.4 Å². The molecule has 0 aromatic heterocycles. The molecular weight excluding hydrogens is 556 g/mol. The zero-order chi connectivity index (χ0) is 29.1. The number of hydrogen-bond acceptors (Lipinski definition) is 8. The Balaban J connectivity index is 1.16. The fourth-order valence-corrected chi connectivity index (χ4v) is 7.97. The van der Waals surface area contributed by atoms with Crippen LogP contribution in [0.5, 0.6) is 23.0 Å². The maximum Gasteiger partial charge on any atom is 0.231 e. The van der Waals surface area contributed by atoms with Gasteiger partial charge in [0.2, 0.25) is 13.6 Å². The molecule has 0 saturated carbocycles. The van der Waals surface area contributed by atoms with Gasteiger partial charge in [0, 0.05) is 58.0 Å². The Kier molecular flexibility index (Phi) is 4.77. The number of anilines is 2. The van der Waals surface area contributed by atoms with Crippen molar-refractivity contribution in [2.75, 3.05) is 24.2 Å². The van der Waals surface area contributed by atoms with Gasteiger partial charge >= 0.3 is 0 Å². The summed E-state index contributed by atoms with van der Waals surface area (Å²) in [6.07, 6.45) is 2.39. The summed E-state index contributed by atoms with van der Waals surface area (Å²) in [6.45, 7) is 0.405. The maximum atomic E-state index is 13.3. The zero-order valence-corrected chi connectivity index (χ0v) is 23.6. The van der Waals surface area contributed by atoms with Crippen LogP contribution < -0.4 is 29.6 Å². The standard InChI is InChI=1S/C36H26N2O6/c39-25-9-7-23-33(25)31(17-1-11-27-29(13-17)43-15-41-27)21-5-3-20-19(35(21)37-23)4-6-22-32(18-2-12-28-30(14-18)44-16-42-28)34-24(38-36(20)22)8-10-26(34)40/h1-6,11-14,31-32,37-38H,7-10,15-16H2. The molecule has 0 bridgehead atoms. The molecule has 216 valence electrons. The molecule has 2 atom stereocenters. The Hall–Kier alpha value is -5.24. The van der Waals surface area contributed by atoms with E-state index in [0.29, 0.717) is 37.2 Å². The van der Waals surface area contributed by atoms with Crippen LogP contribution >= 0.6 is 0 Å². The zero-order valence-electron chi connectivity index (χ0n) is 23.6. The molecule has 4 aromatic rings. The SMILES string of the molecule is O=C1CCC2=C1C(c1ccc3c(c1)OCO3)c1ccc3c4c(ccc3c1N2)C(c1ccc2c(c1)OCO2)C1=C(CCC1=O)N4. The maximum absolute atomic E-state index is 13.3. The van der Waals surface area contributed by atoms with Crippen LogP contribution in [0.3, 0.4) is 0 Å². The average molecular weight is 583 g/mol. The Bertz CT molecular complexity index is 1940. The van der Waals surface area contributed by atoms with Gasteiger partial charge in [-0.15, -0.1) is 0 Å². The van der Waals surface area contributed by atoms with E-state index < -0.39 is 0 Å². The number of rotatable bonds is 2. The molecule has 2 N–H and O–H groups in total. The van der Waals surface area contributed by atoms with Gasteiger partial charge in [-0.3, -0.25) is 9.59 Å². The number of carbonyl (C=O) groups excluding carboxylic acids is 2. The Morgan fingerprint density at radius 3 is 1.45 bits per heavy atom. The van der Waals surface area contributed by atoms with E-state index >= 15 is 0 Å². The highest BCUT2D eigenvalue weighted by atomic mass is 16.7. The van der Waals surface area contributed by atoms with Crippen molar-refractivity contribution in [3.8, 4) is 23.0 Å². The molecule has 4 heterocycles. The van der Waals surface area contributed by atoms with E-state index in [9.17, 15) is 9.59 Å². The molecule has 6 aliphatic rings. The predicted molar refractivity (Wildman–Crippen MR) is 163 cm³/mol. The first kappa shape index (κ1) is 24.2. The van der Waals surface area contributed by atoms with Crippen molar-refractivity contribution in [2.45, 2.75) is 37.5 Å². The van der Waals surface area contributed by atoms with E-state index in [4.69, 9.17) is 18.9 Å². The van der Waals surface area contributed by atoms with Gasteiger partial charge in [-0.2, -0.15) is 0 Å². The first-order valence-corrected chi connectivity index (χ1v) is 15.1. The number of Topliss-reactive ketones (excluding diaryl/α,β-unsaturated/α-hetero) is 2. The van der Waals surface area contributed by atoms with Gasteiger partial charge < -0.3 is 29.6 Å². The van der Waals surface area contributed by atoms with Crippen LogP contribution in [0.4, 0.5) is 11.4 Å². The largest absolute Gasteiger partial charge is 0.454 e. The monoisotopic (exact) mass is 582 g/mol. The topological polar surface area (TPSA) is 95.1 Å². The molecule has 0 amide bonds. The van der Waals surface area contributed by atoms with Crippen LogP contribution in [0.1, 0.15) is 59.8 Å². The Labute approximate surface area is 252 Å². The minimum atomic E-state index is -0.206. The van der Waals surface area contributed by atoms with Crippen LogP contribution in [0, 0.1) is 0 Å². The number of nitrogens with one attached hydrogen (secondary N) is 2. The highest BCUT2D eigenvalue weighted by Crippen LogP contribution is 2.54. The fourth-order valence-electron chi connectivity index (χ4n) is 7.97. The first-order chi connectivity index (χ1) is 21.6. The quantitative estimate of drug-likeness (QED) is 0.272. The lowest BCUT2D eigenvalue weighted by Gasteiger charge is -2.33. The molecule has 10 rings (SSSR count). The third kappa shape index (κ3) is 3.22. The summed E-state index contributed by atoms with van der Waals surface area (Å²) < 4.78 is 22.6. The van der Waals surface area contributed by atoms with Gasteiger partial charge in [0.1, 0.15) is 0 Å². The van der Waals surface area contributed by atoms with E-state index in [1.54, 1.807) is 0 Å². The number of ether oxygens (including phenoxy) is 4. The number of allylic oxidation sites excluding steroid dienone is 4. The summed E-state index contributed by atoms with van der Waals surface area (Å²) in [6, 6.07) is 20.6. The molecule has 8 nitrogen and oxygen atoms in total. The molecule has 4 aromatic carbocycles. The summed E-state index contributed by atoms with van der Waals surface area (Å²) >= 11 is 0. The van der Waals surface area contributed by atoms with Gasteiger partial charge in [0.25, 0.3) is 0 Å². The van der Waals surface area contributed by atoms with Crippen LogP contribution in [0.25, 0.3) is 10.8 Å². The van der Waals surface area contributed by atoms with E-state index in [2.05, 4.69) is 34.9 Å². The van der Waals surface area contributed by atoms with Crippen LogP contribution in [0.15, 0.2) is 83.2 Å². The van der Waals surface area contributed by atoms with Crippen molar-refractivity contribution >= 4 is 33.7 Å². The van der Waals surface area contributed by atoms with Crippen molar-refractivity contribution in [3.05, 3.63) is 105 Å². The molecule has 0 fully saturated rings. The lowest BCUT2D eigenvalue weighted by Crippen LogP contribution is -2.21. The lowest BCUT2D eigenvalue weighted by molar-refractivity contribution is -0.115. The Morgan fingerprint density at radius 2 is 0.977 bits per heavy atom. The summed E-state index contributed by atoms with van der Waals surface area (Å²) in [5, 5.41) is 9.53. The minimum absolute atomic E-state index is 0.185. The predicted octanol–water partition coefficient (Wildman–Crippen LogP) is 6.65. The second kappa shape index (κ2) is 8.66. The highest BCUT2D eigenvalue weighted by molar-refractivity contribution is 6.11. The summed E-state index contributed by atoms with van der Waals surface area (Å²) in [7, 11) is 0. The third-order valence-corrected chi connectivity index (χ3v) is 9.93. The minimum Gasteiger partial charge on any atom is -0.454 e. The van der Waals surface area contributed by atoms with Gasteiger partial charge in [0.05, 0.1) is 11.4 Å². The summed E-state index contributed by atoms with van der Waals surface area (Å²) in [5.41, 5.74) is 9.85. The third-order valence-electron chi connectivity index (χ3n) is 9.93. The van der Waals surface area contributed by atoms with Crippen molar-refractivity contribution < 1.29 is 28.5 Å². The van der Waals surface area contributed by atoms with Crippen molar-refractivity contribution in [1.29, 1.82) is 0 Å². The second-order valence-electron chi connectivity index (χ2n) is 12.1. The molecule has 2 aliphatic carbocycles. The molecule has 0 radical (unpaired) electrons. The van der Waals surface area contributed by atoms with Crippen molar-refractivity contribution in [1.82, 2.24) is 0 Å². The lowest BCUT2D eigenvalue weighted by atomic mass is 9.77. The second-order valence-corrected chi connectivity index (χ2v) is 12.1. The van der Waals surface area contributed by atoms with E-state index in [0.717, 1.165) is 78.4 Å². The van der Waals surface area contributed by atoms with Gasteiger partial charge in [0.15, 0.2) is 34.6 Å². The normalized spacial score (nSPS) is 22.1. The number of benzene rings is 4. The summed E-state index contributed by atoms with van der Waals surface area (Å²) in [5.74, 6) is 2.82. The molecule has 0 saturated heterocycles. The number of ketones is 2. The highest BCUT2D eigenvalue weighted by Gasteiger charge is 2.40. The number of hydrogen-bond donors (Lipinski definition) is 2. The molecule has 44 heavy (non-hydrogen) atoms. The van der Waals surface area contributed by atoms with Crippen molar-refractivity contribution in [2.24, 2.45) is 0 Å². The van der Waals surface area contributed by atoms with Gasteiger partial charge in [-0.25, -0.2) is 0 Å². The number of carbonyl (C=O) groups is 2. The smallest absolute Gasteiger partial charge is 0.231 e. The fraction of sp³-hybridized carbons (Fsp3) is 0.222. The summed E-state index contributed by atoms with van der Waals surface area (Å²) in [4.78, 5) is 26.5. The molecule has 8 heteroatoms. The van der Waals surface area contributed by atoms with Gasteiger partial charge in [-0.05, 0) is 59.4 Å². The molecule has 2 unspecified atom stereocenters. The average Bonchev–Trinajstić information content (AvgIpc) is 3.86. The van der Waals surface area contributed by atoms with Crippen LogP contribution in [0.2, 0.25) is 0 Å². The first-order valence-electron chi connectivity index (χ1n) is 15.1. The molecule has 4 aliphatic heterocycles. The van der Waals surface area contributed by atoms with Crippen LogP contribution in [-0.4, -0.2) is 25.2 Å². The molecular formula is C36H26N2O6. The Morgan fingerprint density at radius 1 is 0.523 bits per heavy atom. The van der Waals surface area contributed by atoms with Crippen LogP contribution in [-0.2, 0) is 9.59 Å². The van der Waals surface area contributed by atoms with E-state index in [1.165, 1.54) is 0 Å². The van der Waals surface area contributed by atoms with Gasteiger partial charge in [-0.1, -0.05) is 36.4 Å². The van der Waals surface area contributed by atoms with Crippen molar-refractivity contribution in [3.63, 3.8) is 0 Å². The van der Waals surface area contributed by atoms with E-state index in [-0.39, 0.29) is 37.0 Å².